The van der Waals surface area contributed by atoms with E-state index in [2.05, 4.69) is 9.71 Å². The zero-order valence-electron chi connectivity index (χ0n) is 8.26. The second-order valence-corrected chi connectivity index (χ2v) is 6.30. The van der Waals surface area contributed by atoms with Crippen LogP contribution in [0.15, 0.2) is 0 Å². The number of nitrogens with one attached hydrogen (secondary N) is 1. The molecule has 0 bridgehead atoms. The fourth-order valence-electron chi connectivity index (χ4n) is 1.57. The minimum atomic E-state index is -3.82. The Bertz CT molecular complexity index is 499. The summed E-state index contributed by atoms with van der Waals surface area (Å²) >= 11 is 1.28. The van der Waals surface area contributed by atoms with Gasteiger partial charge in [0, 0.05) is 4.88 Å². The van der Waals surface area contributed by atoms with Crippen molar-refractivity contribution < 1.29 is 18.3 Å². The van der Waals surface area contributed by atoms with Gasteiger partial charge < -0.3 is 5.11 Å². The Morgan fingerprint density at radius 3 is 2.88 bits per heavy atom. The van der Waals surface area contributed by atoms with E-state index in [4.69, 9.17) is 5.11 Å². The molecule has 0 radical (unpaired) electrons. The van der Waals surface area contributed by atoms with Gasteiger partial charge in [0.1, 0.15) is 0 Å². The number of carboxylic acid groups (broad SMARTS) is 1. The number of thiazole rings is 1. The molecule has 0 saturated heterocycles. The highest BCUT2D eigenvalue weighted by Gasteiger charge is 2.21. The zero-order chi connectivity index (χ0) is 11.8. The predicted octanol–water partition coefficient (Wildman–Crippen LogP) is 0.458. The van der Waals surface area contributed by atoms with Gasteiger partial charge in [0.15, 0.2) is 10.9 Å². The fourth-order valence-corrected chi connectivity index (χ4v) is 3.72. The number of rotatable bonds is 4. The lowest BCUT2D eigenvalue weighted by Crippen LogP contribution is -2.22. The summed E-state index contributed by atoms with van der Waals surface area (Å²) in [6.45, 7) is 0. The highest BCUT2D eigenvalue weighted by molar-refractivity contribution is 7.93. The summed E-state index contributed by atoms with van der Waals surface area (Å²) in [6.07, 6.45) is 2.84. The Morgan fingerprint density at radius 2 is 2.25 bits per heavy atom. The van der Waals surface area contributed by atoms with Crippen molar-refractivity contribution >= 4 is 32.5 Å². The number of aliphatic carboxylic acids is 1. The summed E-state index contributed by atoms with van der Waals surface area (Å²) < 4.78 is 24.8. The summed E-state index contributed by atoms with van der Waals surface area (Å²) in [4.78, 5) is 15.5. The molecule has 1 aromatic heterocycles. The van der Waals surface area contributed by atoms with Crippen molar-refractivity contribution in [2.45, 2.75) is 19.3 Å². The van der Waals surface area contributed by atoms with Gasteiger partial charge >= 0.3 is 5.97 Å². The van der Waals surface area contributed by atoms with E-state index in [1.807, 2.05) is 0 Å². The monoisotopic (exact) mass is 262 g/mol. The standard InChI is InChI=1S/C8H10N2O4S2/c11-7(12)4-16(13,14)10-8-9-5-2-1-3-6(5)15-8/h1-4H2,(H,9,10)(H,11,12). The van der Waals surface area contributed by atoms with Crippen molar-refractivity contribution in [2.75, 3.05) is 10.5 Å². The van der Waals surface area contributed by atoms with Crippen LogP contribution >= 0.6 is 11.3 Å². The summed E-state index contributed by atoms with van der Waals surface area (Å²) in [5.74, 6) is -2.31. The molecule has 16 heavy (non-hydrogen) atoms. The van der Waals surface area contributed by atoms with E-state index < -0.39 is 21.7 Å². The Hall–Kier alpha value is -1.15. The third-order valence-electron chi connectivity index (χ3n) is 2.15. The van der Waals surface area contributed by atoms with Crippen LogP contribution in [0.5, 0.6) is 0 Å². The molecule has 1 aromatic rings. The van der Waals surface area contributed by atoms with Gasteiger partial charge in [0.25, 0.3) is 0 Å². The smallest absolute Gasteiger partial charge is 0.320 e. The molecule has 6 nitrogen and oxygen atoms in total. The number of anilines is 1. The summed E-state index contributed by atoms with van der Waals surface area (Å²) in [5.41, 5.74) is 0.929. The van der Waals surface area contributed by atoms with Crippen molar-refractivity contribution in [3.05, 3.63) is 10.6 Å². The molecule has 8 heteroatoms. The maximum Gasteiger partial charge on any atom is 0.320 e. The van der Waals surface area contributed by atoms with Crippen LogP contribution < -0.4 is 4.72 Å². The molecule has 0 amide bonds. The van der Waals surface area contributed by atoms with Gasteiger partial charge in [0.2, 0.25) is 10.0 Å². The lowest BCUT2D eigenvalue weighted by Gasteiger charge is -2.01. The molecular weight excluding hydrogens is 252 g/mol. The molecule has 1 aliphatic rings. The van der Waals surface area contributed by atoms with Crippen molar-refractivity contribution in [2.24, 2.45) is 0 Å². The van der Waals surface area contributed by atoms with Crippen LogP contribution in [-0.2, 0) is 27.7 Å². The predicted molar refractivity (Wildman–Crippen MR) is 59.2 cm³/mol. The van der Waals surface area contributed by atoms with Crippen molar-refractivity contribution in [1.82, 2.24) is 4.98 Å². The largest absolute Gasteiger partial charge is 0.480 e. The second-order valence-electron chi connectivity index (χ2n) is 3.50. The number of sulfonamides is 1. The first-order valence-electron chi connectivity index (χ1n) is 4.67. The van der Waals surface area contributed by atoms with Crippen molar-refractivity contribution in [3.63, 3.8) is 0 Å². The number of nitrogens with zero attached hydrogens (tertiary/aromatic N) is 1. The maximum atomic E-state index is 11.3. The van der Waals surface area contributed by atoms with Gasteiger partial charge in [0.05, 0.1) is 5.69 Å². The highest BCUT2D eigenvalue weighted by atomic mass is 32.2. The van der Waals surface area contributed by atoms with Crippen LogP contribution in [0, 0.1) is 0 Å². The Morgan fingerprint density at radius 1 is 1.50 bits per heavy atom. The fraction of sp³-hybridized carbons (Fsp3) is 0.500. The molecule has 88 valence electrons. The lowest BCUT2D eigenvalue weighted by molar-refractivity contribution is -0.134. The Labute approximate surface area is 96.4 Å². The molecule has 0 unspecified atom stereocenters. The molecule has 1 heterocycles. The SMILES string of the molecule is O=C(O)CS(=O)(=O)Nc1nc2c(s1)CCC2. The van der Waals surface area contributed by atoms with Crippen molar-refractivity contribution in [3.8, 4) is 0 Å². The minimum absolute atomic E-state index is 0.269. The molecule has 0 spiro atoms. The highest BCUT2D eigenvalue weighted by Crippen LogP contribution is 2.30. The third kappa shape index (κ3) is 2.50. The molecule has 0 atom stereocenters. The van der Waals surface area contributed by atoms with Gasteiger partial charge in [-0.15, -0.1) is 11.3 Å². The molecule has 0 fully saturated rings. The van der Waals surface area contributed by atoms with E-state index in [0.29, 0.717) is 0 Å². The van der Waals surface area contributed by atoms with Crippen molar-refractivity contribution in [1.29, 1.82) is 0 Å². The van der Waals surface area contributed by atoms with Gasteiger partial charge in [-0.1, -0.05) is 0 Å². The van der Waals surface area contributed by atoms with E-state index >= 15 is 0 Å². The number of carbonyl (C=O) groups is 1. The van der Waals surface area contributed by atoms with Gasteiger partial charge in [-0.25, -0.2) is 13.4 Å². The molecule has 0 aromatic carbocycles. The molecule has 0 aliphatic heterocycles. The number of carboxylic acids is 1. The van der Waals surface area contributed by atoms with Gasteiger partial charge in [-0.2, -0.15) is 0 Å². The third-order valence-corrected chi connectivity index (χ3v) is 4.49. The van der Waals surface area contributed by atoms with E-state index in [-0.39, 0.29) is 5.13 Å². The number of fused-ring (bicyclic) bond motifs is 1. The molecule has 0 saturated carbocycles. The zero-order valence-corrected chi connectivity index (χ0v) is 9.90. The number of aromatic nitrogens is 1. The van der Waals surface area contributed by atoms with E-state index in [1.165, 1.54) is 11.3 Å². The Kier molecular flexibility index (Phi) is 2.85. The lowest BCUT2D eigenvalue weighted by atomic mass is 10.4. The van der Waals surface area contributed by atoms with Gasteiger partial charge in [-0.05, 0) is 19.3 Å². The molecular formula is C8H10N2O4S2. The minimum Gasteiger partial charge on any atom is -0.480 e. The first-order chi connectivity index (χ1) is 7.46. The quantitative estimate of drug-likeness (QED) is 0.821. The summed E-state index contributed by atoms with van der Waals surface area (Å²) in [6, 6.07) is 0. The number of aryl methyl sites for hydroxylation is 2. The second kappa shape index (κ2) is 4.02. The van der Waals surface area contributed by atoms with Crippen LogP contribution in [0.1, 0.15) is 17.0 Å². The Balaban J connectivity index is 2.12. The van der Waals surface area contributed by atoms with E-state index in [1.54, 1.807) is 0 Å². The van der Waals surface area contributed by atoms with Crippen LogP contribution in [0.3, 0.4) is 0 Å². The first kappa shape index (κ1) is 11.3. The average molecular weight is 262 g/mol. The van der Waals surface area contributed by atoms with E-state index in [0.717, 1.165) is 29.8 Å². The van der Waals surface area contributed by atoms with Crippen LogP contribution in [0.4, 0.5) is 5.13 Å². The summed E-state index contributed by atoms with van der Waals surface area (Å²) in [7, 11) is -3.82. The maximum absolute atomic E-state index is 11.3. The van der Waals surface area contributed by atoms with E-state index in [9.17, 15) is 13.2 Å². The van der Waals surface area contributed by atoms with Crippen LogP contribution in [0.2, 0.25) is 0 Å². The molecule has 2 rings (SSSR count). The number of hydrogen-bond donors (Lipinski definition) is 2. The van der Waals surface area contributed by atoms with Gasteiger partial charge in [-0.3, -0.25) is 9.52 Å². The number of hydrogen-bond acceptors (Lipinski definition) is 5. The topological polar surface area (TPSA) is 96.4 Å². The van der Waals surface area contributed by atoms with Crippen LogP contribution in [0.25, 0.3) is 0 Å². The van der Waals surface area contributed by atoms with Crippen LogP contribution in [-0.4, -0.2) is 30.2 Å². The average Bonchev–Trinajstić information content (AvgIpc) is 2.58. The first-order valence-corrected chi connectivity index (χ1v) is 7.14. The summed E-state index contributed by atoms with van der Waals surface area (Å²) in [5, 5.41) is 8.68. The molecule has 2 N–H and O–H groups in total. The normalized spacial score (nSPS) is 14.8. The molecule has 1 aliphatic carbocycles.